The molecule has 0 atom stereocenters. The fourth-order valence-corrected chi connectivity index (χ4v) is 3.38. The van der Waals surface area contributed by atoms with Crippen LogP contribution in [0.1, 0.15) is 15.9 Å². The predicted molar refractivity (Wildman–Crippen MR) is 124 cm³/mol. The first-order valence-corrected chi connectivity index (χ1v) is 10.6. The lowest BCUT2D eigenvalue weighted by molar-refractivity contribution is -0.159. The zero-order chi connectivity index (χ0) is 24.3. The van der Waals surface area contributed by atoms with Gasteiger partial charge in [0.25, 0.3) is 5.91 Å². The smallest absolute Gasteiger partial charge is 0.414 e. The molecule has 3 aromatic rings. The molecule has 176 valence electrons. The number of carboxylic acids is 2. The highest BCUT2D eigenvalue weighted by Crippen LogP contribution is 2.22. The van der Waals surface area contributed by atoms with Crippen LogP contribution in [-0.2, 0) is 16.1 Å². The number of nitrogens with zero attached hydrogens (tertiary/aromatic N) is 3. The number of hydrogen-bond acceptors (Lipinski definition) is 6. The van der Waals surface area contributed by atoms with Gasteiger partial charge in [-0.05, 0) is 42.0 Å². The lowest BCUT2D eigenvalue weighted by atomic mass is 10.1. The van der Waals surface area contributed by atoms with Crippen LogP contribution in [0.5, 0.6) is 11.5 Å². The second-order valence-corrected chi connectivity index (χ2v) is 7.48. The SMILES string of the molecule is O=C(O)C(=O)O.O=C(c1ccncc1)N1CCN(Cc2cccc(Oc3ccccc3)c2)CC1. The number of para-hydroxylation sites is 1. The van der Waals surface area contributed by atoms with Crippen molar-refractivity contribution in [3.8, 4) is 11.5 Å². The molecule has 0 unspecified atom stereocenters. The third-order valence-corrected chi connectivity index (χ3v) is 5.05. The Kier molecular flexibility index (Phi) is 8.70. The fraction of sp³-hybridized carbons (Fsp3) is 0.200. The first-order valence-electron chi connectivity index (χ1n) is 10.6. The first-order chi connectivity index (χ1) is 16.4. The van der Waals surface area contributed by atoms with E-state index in [1.807, 2.05) is 47.4 Å². The molecule has 1 fully saturated rings. The van der Waals surface area contributed by atoms with Crippen molar-refractivity contribution in [2.24, 2.45) is 0 Å². The van der Waals surface area contributed by atoms with Crippen LogP contribution in [-0.4, -0.2) is 69.0 Å². The zero-order valence-electron chi connectivity index (χ0n) is 18.4. The molecule has 0 bridgehead atoms. The topological polar surface area (TPSA) is 120 Å². The van der Waals surface area contributed by atoms with E-state index in [9.17, 15) is 4.79 Å². The number of carbonyl (C=O) groups is 3. The van der Waals surface area contributed by atoms with Crippen LogP contribution in [0.4, 0.5) is 0 Å². The highest BCUT2D eigenvalue weighted by Gasteiger charge is 2.22. The van der Waals surface area contributed by atoms with Crippen molar-refractivity contribution in [2.75, 3.05) is 26.2 Å². The van der Waals surface area contributed by atoms with Crippen molar-refractivity contribution in [3.05, 3.63) is 90.3 Å². The number of benzene rings is 2. The molecule has 1 aliphatic rings. The molecule has 2 aromatic carbocycles. The van der Waals surface area contributed by atoms with Crippen LogP contribution >= 0.6 is 0 Å². The van der Waals surface area contributed by atoms with E-state index in [1.165, 1.54) is 5.56 Å². The summed E-state index contributed by atoms with van der Waals surface area (Å²) in [6, 6.07) is 21.5. The molecule has 1 saturated heterocycles. The molecular weight excluding hydrogens is 438 g/mol. The van der Waals surface area contributed by atoms with Crippen LogP contribution < -0.4 is 4.74 Å². The van der Waals surface area contributed by atoms with Crippen molar-refractivity contribution in [1.29, 1.82) is 0 Å². The summed E-state index contributed by atoms with van der Waals surface area (Å²) in [4.78, 5) is 39.0. The maximum absolute atomic E-state index is 12.5. The maximum atomic E-state index is 12.5. The van der Waals surface area contributed by atoms with Gasteiger partial charge in [0, 0.05) is 50.7 Å². The summed E-state index contributed by atoms with van der Waals surface area (Å²) in [6.07, 6.45) is 3.32. The fourth-order valence-electron chi connectivity index (χ4n) is 3.38. The number of hydrogen-bond donors (Lipinski definition) is 2. The minimum atomic E-state index is -1.82. The summed E-state index contributed by atoms with van der Waals surface area (Å²) in [7, 11) is 0. The molecule has 2 heterocycles. The van der Waals surface area contributed by atoms with Gasteiger partial charge in [0.1, 0.15) is 11.5 Å². The van der Waals surface area contributed by atoms with Gasteiger partial charge in [-0.25, -0.2) is 9.59 Å². The van der Waals surface area contributed by atoms with Gasteiger partial charge < -0.3 is 19.8 Å². The molecule has 0 aliphatic carbocycles. The highest BCUT2D eigenvalue weighted by molar-refractivity contribution is 6.27. The second-order valence-electron chi connectivity index (χ2n) is 7.48. The normalized spacial score (nSPS) is 13.4. The summed E-state index contributed by atoms with van der Waals surface area (Å²) in [5.41, 5.74) is 1.91. The number of carbonyl (C=O) groups excluding carboxylic acids is 1. The van der Waals surface area contributed by atoms with E-state index < -0.39 is 11.9 Å². The van der Waals surface area contributed by atoms with Crippen molar-refractivity contribution in [3.63, 3.8) is 0 Å². The van der Waals surface area contributed by atoms with E-state index >= 15 is 0 Å². The van der Waals surface area contributed by atoms with E-state index in [-0.39, 0.29) is 5.91 Å². The Morgan fingerprint density at radius 3 is 2.03 bits per heavy atom. The van der Waals surface area contributed by atoms with Crippen LogP contribution in [0.15, 0.2) is 79.1 Å². The number of ether oxygens (including phenoxy) is 1. The van der Waals surface area contributed by atoms with Gasteiger partial charge in [0.05, 0.1) is 0 Å². The van der Waals surface area contributed by atoms with Crippen LogP contribution in [0.25, 0.3) is 0 Å². The average molecular weight is 463 g/mol. The Morgan fingerprint density at radius 1 is 0.794 bits per heavy atom. The number of amides is 1. The molecule has 2 N–H and O–H groups in total. The Hall–Kier alpha value is -4.24. The van der Waals surface area contributed by atoms with E-state index in [0.29, 0.717) is 5.56 Å². The summed E-state index contributed by atoms with van der Waals surface area (Å²) in [5.74, 6) is -1.89. The number of piperazine rings is 1. The van der Waals surface area contributed by atoms with Crippen molar-refractivity contribution in [2.45, 2.75) is 6.54 Å². The maximum Gasteiger partial charge on any atom is 0.414 e. The van der Waals surface area contributed by atoms with Crippen molar-refractivity contribution in [1.82, 2.24) is 14.8 Å². The van der Waals surface area contributed by atoms with E-state index in [4.69, 9.17) is 24.5 Å². The summed E-state index contributed by atoms with van der Waals surface area (Å²) in [6.45, 7) is 4.05. The molecule has 9 heteroatoms. The molecule has 4 rings (SSSR count). The van der Waals surface area contributed by atoms with Gasteiger partial charge in [0.15, 0.2) is 0 Å². The van der Waals surface area contributed by atoms with Gasteiger partial charge in [-0.15, -0.1) is 0 Å². The van der Waals surface area contributed by atoms with Gasteiger partial charge in [0.2, 0.25) is 0 Å². The standard InChI is InChI=1S/C23H23N3O2.C2H2O4/c27-23(20-9-11-24-12-10-20)26-15-13-25(14-16-26)18-19-5-4-8-22(17-19)28-21-6-2-1-3-7-21;3-1(4)2(5)6/h1-12,17H,13-16,18H2;(H,3,4)(H,5,6). The Balaban J connectivity index is 0.000000481. The van der Waals surface area contributed by atoms with Gasteiger partial charge >= 0.3 is 11.9 Å². The third-order valence-electron chi connectivity index (χ3n) is 5.05. The van der Waals surface area contributed by atoms with Crippen LogP contribution in [0.3, 0.4) is 0 Å². The molecule has 0 saturated carbocycles. The number of pyridine rings is 1. The summed E-state index contributed by atoms with van der Waals surface area (Å²) >= 11 is 0. The first kappa shape index (κ1) is 24.4. The molecular formula is C25H25N3O6. The highest BCUT2D eigenvalue weighted by atomic mass is 16.5. The summed E-state index contributed by atoms with van der Waals surface area (Å²) in [5, 5.41) is 14.8. The third kappa shape index (κ3) is 7.42. The summed E-state index contributed by atoms with van der Waals surface area (Å²) < 4.78 is 5.93. The average Bonchev–Trinajstić information content (AvgIpc) is 2.86. The second kappa shape index (κ2) is 12.1. The molecule has 1 aromatic heterocycles. The monoisotopic (exact) mass is 463 g/mol. The van der Waals surface area contributed by atoms with Gasteiger partial charge in [-0.3, -0.25) is 14.7 Å². The molecule has 1 aliphatic heterocycles. The molecule has 0 radical (unpaired) electrons. The Bertz CT molecular complexity index is 1090. The van der Waals surface area contributed by atoms with Crippen LogP contribution in [0, 0.1) is 0 Å². The van der Waals surface area contributed by atoms with Crippen LogP contribution in [0.2, 0.25) is 0 Å². The van der Waals surface area contributed by atoms with E-state index in [2.05, 4.69) is 22.0 Å². The Morgan fingerprint density at radius 2 is 1.41 bits per heavy atom. The largest absolute Gasteiger partial charge is 0.473 e. The number of aliphatic carboxylic acids is 2. The molecule has 0 spiro atoms. The van der Waals surface area contributed by atoms with Crippen molar-refractivity contribution < 1.29 is 29.3 Å². The minimum Gasteiger partial charge on any atom is -0.473 e. The quantitative estimate of drug-likeness (QED) is 0.554. The minimum absolute atomic E-state index is 0.0836. The number of aromatic nitrogens is 1. The zero-order valence-corrected chi connectivity index (χ0v) is 18.4. The lowest BCUT2D eigenvalue weighted by Gasteiger charge is -2.34. The number of rotatable bonds is 5. The van der Waals surface area contributed by atoms with Gasteiger partial charge in [-0.2, -0.15) is 0 Å². The number of carboxylic acid groups (broad SMARTS) is 2. The van der Waals surface area contributed by atoms with E-state index in [1.54, 1.807) is 24.5 Å². The van der Waals surface area contributed by atoms with Gasteiger partial charge in [-0.1, -0.05) is 30.3 Å². The molecule has 34 heavy (non-hydrogen) atoms. The predicted octanol–water partition coefficient (Wildman–Crippen LogP) is 2.99. The Labute approximate surface area is 196 Å². The molecule has 1 amide bonds. The lowest BCUT2D eigenvalue weighted by Crippen LogP contribution is -2.48. The van der Waals surface area contributed by atoms with E-state index in [0.717, 1.165) is 44.2 Å². The van der Waals surface area contributed by atoms with Crippen molar-refractivity contribution >= 4 is 17.8 Å². The molecule has 9 nitrogen and oxygen atoms in total.